The normalized spacial score (nSPS) is 15.7. The summed E-state index contributed by atoms with van der Waals surface area (Å²) in [7, 11) is 4.13. The van der Waals surface area contributed by atoms with Crippen LogP contribution in [-0.2, 0) is 13.6 Å². The fraction of sp³-hybridized carbons (Fsp3) is 0.706. The van der Waals surface area contributed by atoms with Crippen LogP contribution >= 0.6 is 0 Å². The minimum Gasteiger partial charge on any atom is -0.343 e. The molecule has 1 aliphatic rings. The first-order chi connectivity index (χ1) is 11.0. The molecule has 0 spiro atoms. The largest absolute Gasteiger partial charge is 0.343 e. The van der Waals surface area contributed by atoms with Crippen molar-refractivity contribution < 1.29 is 4.57 Å². The van der Waals surface area contributed by atoms with Crippen LogP contribution in [0.4, 0.5) is 11.8 Å². The molecule has 0 aromatic carbocycles. The lowest BCUT2D eigenvalue weighted by Crippen LogP contribution is -2.38. The molecule has 1 fully saturated rings. The number of aromatic nitrogens is 4. The zero-order chi connectivity index (χ0) is 16.6. The Bertz CT molecular complexity index is 684. The zero-order valence-electron chi connectivity index (χ0n) is 15.0. The highest BCUT2D eigenvalue weighted by atomic mass is 15.3. The van der Waals surface area contributed by atoms with Crippen LogP contribution in [0.3, 0.4) is 0 Å². The summed E-state index contributed by atoms with van der Waals surface area (Å²) in [5.41, 5.74) is 1.92. The summed E-state index contributed by atoms with van der Waals surface area (Å²) in [5.74, 6) is 2.08. The first kappa shape index (κ1) is 16.0. The molecule has 1 saturated carbocycles. The van der Waals surface area contributed by atoms with Crippen molar-refractivity contribution >= 4 is 22.9 Å². The Balaban J connectivity index is 2.09. The summed E-state index contributed by atoms with van der Waals surface area (Å²) < 4.78 is 4.27. The lowest BCUT2D eigenvalue weighted by molar-refractivity contribution is -0.681. The van der Waals surface area contributed by atoms with E-state index in [-0.39, 0.29) is 0 Å². The molecule has 0 bridgehead atoms. The molecule has 1 aliphatic carbocycles. The van der Waals surface area contributed by atoms with Gasteiger partial charge in [0.2, 0.25) is 17.9 Å². The first-order valence-corrected chi connectivity index (χ1v) is 8.77. The Kier molecular flexibility index (Phi) is 4.41. The number of hydrogen-bond acceptors (Lipinski definition) is 4. The van der Waals surface area contributed by atoms with Crippen molar-refractivity contribution in [2.24, 2.45) is 7.05 Å². The monoisotopic (exact) mass is 317 g/mol. The maximum Gasteiger partial charge on any atom is 0.253 e. The minimum absolute atomic E-state index is 0.398. The van der Waals surface area contributed by atoms with E-state index >= 15 is 0 Å². The van der Waals surface area contributed by atoms with Crippen molar-refractivity contribution in [2.45, 2.75) is 65.1 Å². The van der Waals surface area contributed by atoms with Gasteiger partial charge in [0.15, 0.2) is 5.52 Å². The topological polar surface area (TPSA) is 49.9 Å². The Labute approximate surface area is 138 Å². The summed E-state index contributed by atoms with van der Waals surface area (Å²) in [6.07, 6.45) is 7.07. The molecule has 0 aliphatic heterocycles. The highest BCUT2D eigenvalue weighted by molar-refractivity contribution is 5.83. The van der Waals surface area contributed by atoms with E-state index < -0.39 is 0 Å². The van der Waals surface area contributed by atoms with Gasteiger partial charge in [-0.25, -0.2) is 9.55 Å². The van der Waals surface area contributed by atoms with E-state index in [1.165, 1.54) is 25.7 Å². The van der Waals surface area contributed by atoms with Crippen LogP contribution in [0.1, 0.15) is 46.5 Å². The van der Waals surface area contributed by atoms with Crippen LogP contribution in [0, 0.1) is 0 Å². The maximum absolute atomic E-state index is 4.93. The Hall–Kier alpha value is -1.85. The van der Waals surface area contributed by atoms with E-state index in [1.807, 2.05) is 13.4 Å². The van der Waals surface area contributed by atoms with Crippen molar-refractivity contribution in [3.05, 3.63) is 6.33 Å². The first-order valence-electron chi connectivity index (χ1n) is 8.77. The Morgan fingerprint density at radius 2 is 2.09 bits per heavy atom. The quantitative estimate of drug-likeness (QED) is 0.861. The van der Waals surface area contributed by atoms with Gasteiger partial charge in [-0.2, -0.15) is 0 Å². The molecule has 1 N–H and O–H groups in total. The van der Waals surface area contributed by atoms with E-state index in [1.54, 1.807) is 0 Å². The molecule has 2 aromatic rings. The van der Waals surface area contributed by atoms with Gasteiger partial charge >= 0.3 is 0 Å². The molecule has 126 valence electrons. The summed E-state index contributed by atoms with van der Waals surface area (Å²) in [4.78, 5) is 11.8. The van der Waals surface area contributed by atoms with Gasteiger partial charge in [-0.1, -0.05) is 4.98 Å². The van der Waals surface area contributed by atoms with Crippen LogP contribution < -0.4 is 14.8 Å². The Morgan fingerprint density at radius 1 is 1.39 bits per heavy atom. The third-order valence-electron chi connectivity index (χ3n) is 5.00. The number of nitrogens with one attached hydrogen (secondary N) is 1. The second-order valence-electron chi connectivity index (χ2n) is 6.85. The number of rotatable bonds is 5. The van der Waals surface area contributed by atoms with Crippen LogP contribution in [-0.4, -0.2) is 33.7 Å². The maximum atomic E-state index is 4.93. The Morgan fingerprint density at radius 3 is 2.70 bits per heavy atom. The van der Waals surface area contributed by atoms with Gasteiger partial charge in [0.1, 0.15) is 0 Å². The number of imidazole rings is 1. The standard InChI is InChI=1S/C17H28N6/c1-6-23-11-18-15-14(16(23)19-13-9-7-8-10-13)20-17(22(15)5)21(4)12(2)3/h11-13H,6-10H2,1-5H3/p+1. The van der Waals surface area contributed by atoms with E-state index in [4.69, 9.17) is 4.98 Å². The van der Waals surface area contributed by atoms with Crippen molar-refractivity contribution in [3.8, 4) is 0 Å². The van der Waals surface area contributed by atoms with Gasteiger partial charge in [-0.05, 0) is 46.5 Å². The SMILES string of the molecule is CC[n+]1cnc2c(nc(N(C)C(C)C)n2C)c1NC1CCCC1. The van der Waals surface area contributed by atoms with Crippen molar-refractivity contribution in [1.82, 2.24) is 14.5 Å². The molecule has 6 heteroatoms. The third-order valence-corrected chi connectivity index (χ3v) is 5.00. The lowest BCUT2D eigenvalue weighted by Gasteiger charge is -2.21. The summed E-state index contributed by atoms with van der Waals surface area (Å²) in [6.45, 7) is 7.40. The van der Waals surface area contributed by atoms with Crippen LogP contribution in [0.5, 0.6) is 0 Å². The number of hydrogen-bond donors (Lipinski definition) is 1. The summed E-state index contributed by atoms with van der Waals surface area (Å²) in [5, 5.41) is 3.74. The van der Waals surface area contributed by atoms with E-state index in [9.17, 15) is 0 Å². The van der Waals surface area contributed by atoms with Crippen molar-refractivity contribution in [3.63, 3.8) is 0 Å². The number of nitrogens with zero attached hydrogens (tertiary/aromatic N) is 5. The van der Waals surface area contributed by atoms with Gasteiger partial charge in [0.25, 0.3) is 5.82 Å². The van der Waals surface area contributed by atoms with Crippen LogP contribution in [0.25, 0.3) is 11.2 Å². The highest BCUT2D eigenvalue weighted by Crippen LogP contribution is 2.27. The number of fused-ring (bicyclic) bond motifs is 1. The second-order valence-corrected chi connectivity index (χ2v) is 6.85. The van der Waals surface area contributed by atoms with Gasteiger partial charge in [-0.3, -0.25) is 4.57 Å². The van der Waals surface area contributed by atoms with Crippen molar-refractivity contribution in [2.75, 3.05) is 17.3 Å². The molecule has 0 amide bonds. The molecule has 0 radical (unpaired) electrons. The zero-order valence-corrected chi connectivity index (χ0v) is 15.0. The number of anilines is 2. The predicted molar refractivity (Wildman–Crippen MR) is 93.8 cm³/mol. The molecule has 0 saturated heterocycles. The van der Waals surface area contributed by atoms with Crippen molar-refractivity contribution in [1.29, 1.82) is 0 Å². The van der Waals surface area contributed by atoms with Gasteiger partial charge < -0.3 is 10.2 Å². The van der Waals surface area contributed by atoms with E-state index in [0.29, 0.717) is 12.1 Å². The fourth-order valence-electron chi connectivity index (χ4n) is 3.30. The van der Waals surface area contributed by atoms with Gasteiger partial charge in [0.05, 0.1) is 12.6 Å². The summed E-state index contributed by atoms with van der Waals surface area (Å²) in [6, 6.07) is 0.960. The lowest BCUT2D eigenvalue weighted by atomic mass is 10.2. The third kappa shape index (κ3) is 2.86. The molecule has 2 heterocycles. The van der Waals surface area contributed by atoms with Crippen LogP contribution in [0.2, 0.25) is 0 Å². The predicted octanol–water partition coefficient (Wildman–Crippen LogP) is 2.47. The summed E-state index contributed by atoms with van der Waals surface area (Å²) >= 11 is 0. The van der Waals surface area contributed by atoms with Gasteiger partial charge in [0, 0.05) is 20.1 Å². The fourth-order valence-corrected chi connectivity index (χ4v) is 3.30. The molecular formula is C17H29N6+. The average molecular weight is 317 g/mol. The highest BCUT2D eigenvalue weighted by Gasteiger charge is 2.26. The molecule has 0 unspecified atom stereocenters. The average Bonchev–Trinajstić information content (AvgIpc) is 3.15. The van der Waals surface area contributed by atoms with Crippen LogP contribution in [0.15, 0.2) is 6.33 Å². The molecular weight excluding hydrogens is 288 g/mol. The van der Waals surface area contributed by atoms with Gasteiger partial charge in [-0.15, -0.1) is 0 Å². The second kappa shape index (κ2) is 6.34. The molecule has 3 rings (SSSR count). The molecule has 0 atom stereocenters. The number of aryl methyl sites for hydroxylation is 2. The minimum atomic E-state index is 0.398. The smallest absolute Gasteiger partial charge is 0.253 e. The van der Waals surface area contributed by atoms with E-state index in [2.05, 4.69) is 52.2 Å². The molecule has 23 heavy (non-hydrogen) atoms. The van der Waals surface area contributed by atoms with E-state index in [0.717, 1.165) is 29.5 Å². The molecule has 6 nitrogen and oxygen atoms in total. The molecule has 2 aromatic heterocycles.